The Balaban J connectivity index is 2.71. The van der Waals surface area contributed by atoms with Gasteiger partial charge in [0, 0.05) is 23.5 Å². The Morgan fingerprint density at radius 3 is 2.56 bits per heavy atom. The summed E-state index contributed by atoms with van der Waals surface area (Å²) in [7, 11) is 0. The van der Waals surface area contributed by atoms with Crippen molar-refractivity contribution in [2.24, 2.45) is 0 Å². The van der Waals surface area contributed by atoms with Crippen LogP contribution in [0.1, 0.15) is 5.56 Å². The Morgan fingerprint density at radius 1 is 1.06 bits per heavy atom. The molecule has 0 unspecified atom stereocenters. The molecule has 0 saturated carbocycles. The molecule has 0 saturated heterocycles. The Morgan fingerprint density at radius 2 is 1.88 bits per heavy atom. The van der Waals surface area contributed by atoms with E-state index < -0.39 is 11.6 Å². The molecule has 0 fully saturated rings. The highest BCUT2D eigenvalue weighted by molar-refractivity contribution is 5.70. The molecule has 0 aliphatic rings. The second-order valence-corrected chi connectivity index (χ2v) is 3.13. The Hall–Kier alpha value is -2.28. The van der Waals surface area contributed by atoms with Crippen LogP contribution in [0.25, 0.3) is 11.1 Å². The van der Waals surface area contributed by atoms with Gasteiger partial charge in [-0.15, -0.1) is 0 Å². The van der Waals surface area contributed by atoms with Gasteiger partial charge in [-0.1, -0.05) is 12.1 Å². The van der Waals surface area contributed by atoms with Gasteiger partial charge in [-0.05, 0) is 12.1 Å². The molecule has 0 spiro atoms. The van der Waals surface area contributed by atoms with Crippen molar-refractivity contribution >= 4 is 0 Å². The predicted molar refractivity (Wildman–Crippen MR) is 54.3 cm³/mol. The fourth-order valence-corrected chi connectivity index (χ4v) is 1.44. The van der Waals surface area contributed by atoms with Crippen LogP contribution in [0.5, 0.6) is 0 Å². The van der Waals surface area contributed by atoms with Crippen LogP contribution in [-0.2, 0) is 0 Å². The molecule has 1 aromatic heterocycles. The Labute approximate surface area is 90.8 Å². The lowest BCUT2D eigenvalue weighted by Gasteiger charge is -2.05. The zero-order valence-electron chi connectivity index (χ0n) is 8.11. The van der Waals surface area contributed by atoms with E-state index in [0.29, 0.717) is 0 Å². The lowest BCUT2D eigenvalue weighted by atomic mass is 10.0. The predicted octanol–water partition coefficient (Wildman–Crippen LogP) is 2.90. The first-order valence-corrected chi connectivity index (χ1v) is 4.52. The van der Waals surface area contributed by atoms with Crippen molar-refractivity contribution in [2.75, 3.05) is 0 Å². The number of aromatic nitrogens is 1. The van der Waals surface area contributed by atoms with E-state index >= 15 is 0 Å². The van der Waals surface area contributed by atoms with Gasteiger partial charge < -0.3 is 0 Å². The van der Waals surface area contributed by atoms with Crippen LogP contribution < -0.4 is 0 Å². The van der Waals surface area contributed by atoms with Gasteiger partial charge in [0.25, 0.3) is 0 Å². The van der Waals surface area contributed by atoms with E-state index in [9.17, 15) is 8.78 Å². The summed E-state index contributed by atoms with van der Waals surface area (Å²) >= 11 is 0. The first-order valence-electron chi connectivity index (χ1n) is 4.52. The molecule has 0 atom stereocenters. The minimum Gasteiger partial charge on any atom is -0.264 e. The third-order valence-corrected chi connectivity index (χ3v) is 2.18. The van der Waals surface area contributed by atoms with Crippen molar-refractivity contribution in [2.45, 2.75) is 0 Å². The van der Waals surface area contributed by atoms with Gasteiger partial charge in [-0.2, -0.15) is 5.26 Å². The lowest BCUT2D eigenvalue weighted by molar-refractivity contribution is 0.621. The summed E-state index contributed by atoms with van der Waals surface area (Å²) in [5.74, 6) is -1.19. The number of rotatable bonds is 1. The molecule has 0 aliphatic carbocycles. The van der Waals surface area contributed by atoms with Crippen molar-refractivity contribution in [3.8, 4) is 17.2 Å². The van der Waals surface area contributed by atoms with Crippen LogP contribution in [0.15, 0.2) is 36.7 Å². The molecule has 4 heteroatoms. The van der Waals surface area contributed by atoms with Crippen molar-refractivity contribution in [1.82, 2.24) is 4.98 Å². The van der Waals surface area contributed by atoms with E-state index in [-0.39, 0.29) is 16.7 Å². The van der Waals surface area contributed by atoms with Crippen molar-refractivity contribution in [3.63, 3.8) is 0 Å². The third-order valence-electron chi connectivity index (χ3n) is 2.18. The molecule has 2 aromatic rings. The summed E-state index contributed by atoms with van der Waals surface area (Å²) in [6.07, 6.45) is 2.56. The number of nitrogens with zero attached hydrogens (tertiary/aromatic N) is 2. The molecule has 2 nitrogen and oxygen atoms in total. The average Bonchev–Trinajstić information content (AvgIpc) is 2.29. The van der Waals surface area contributed by atoms with Crippen LogP contribution in [0.2, 0.25) is 0 Å². The molecule has 0 radical (unpaired) electrons. The van der Waals surface area contributed by atoms with Crippen LogP contribution in [0.4, 0.5) is 8.78 Å². The first-order chi connectivity index (χ1) is 7.74. The van der Waals surface area contributed by atoms with Gasteiger partial charge in [0.2, 0.25) is 0 Å². The summed E-state index contributed by atoms with van der Waals surface area (Å²) in [5.41, 5.74) is 0.168. The second kappa shape index (κ2) is 4.07. The maximum Gasteiger partial charge on any atom is 0.141 e. The number of nitriles is 1. The van der Waals surface area contributed by atoms with Crippen LogP contribution in [0, 0.1) is 23.0 Å². The van der Waals surface area contributed by atoms with Gasteiger partial charge in [-0.25, -0.2) is 8.78 Å². The number of hydrogen-bond donors (Lipinski definition) is 0. The first kappa shape index (κ1) is 10.2. The molecule has 0 bridgehead atoms. The standard InChI is InChI=1S/C12H6F2N2/c13-11-3-1-2-8(9(11)6-15)10-7-16-5-4-12(10)14/h1-5,7H. The maximum atomic E-state index is 13.5. The van der Waals surface area contributed by atoms with Crippen LogP contribution >= 0.6 is 0 Å². The van der Waals surface area contributed by atoms with E-state index in [0.717, 1.165) is 6.07 Å². The van der Waals surface area contributed by atoms with Crippen molar-refractivity contribution < 1.29 is 8.78 Å². The Bertz CT molecular complexity index is 573. The van der Waals surface area contributed by atoms with Crippen LogP contribution in [0.3, 0.4) is 0 Å². The number of halogens is 2. The minimum atomic E-state index is -0.664. The largest absolute Gasteiger partial charge is 0.264 e. The number of benzene rings is 1. The highest BCUT2D eigenvalue weighted by Crippen LogP contribution is 2.26. The summed E-state index contributed by atoms with van der Waals surface area (Å²) in [6.45, 7) is 0. The highest BCUT2D eigenvalue weighted by atomic mass is 19.1. The van der Waals surface area contributed by atoms with Gasteiger partial charge in [-0.3, -0.25) is 4.98 Å². The van der Waals surface area contributed by atoms with E-state index in [1.54, 1.807) is 6.07 Å². The number of pyridine rings is 1. The van der Waals surface area contributed by atoms with E-state index in [1.807, 2.05) is 0 Å². The SMILES string of the molecule is N#Cc1c(F)cccc1-c1cnccc1F. The Kier molecular flexibility index (Phi) is 2.61. The normalized spacial score (nSPS) is 9.81. The lowest BCUT2D eigenvalue weighted by Crippen LogP contribution is -1.92. The molecule has 1 heterocycles. The van der Waals surface area contributed by atoms with Gasteiger partial charge in [0.1, 0.15) is 17.7 Å². The van der Waals surface area contributed by atoms with E-state index in [1.165, 1.54) is 30.6 Å². The van der Waals surface area contributed by atoms with Gasteiger partial charge in [0.15, 0.2) is 0 Å². The smallest absolute Gasteiger partial charge is 0.141 e. The summed E-state index contributed by atoms with van der Waals surface area (Å²) in [6, 6.07) is 6.97. The van der Waals surface area contributed by atoms with Gasteiger partial charge in [0.05, 0.1) is 5.56 Å². The molecule has 1 aromatic carbocycles. The topological polar surface area (TPSA) is 36.7 Å². The van der Waals surface area contributed by atoms with Crippen LogP contribution in [-0.4, -0.2) is 4.98 Å². The zero-order valence-corrected chi connectivity index (χ0v) is 8.11. The molecule has 0 amide bonds. The monoisotopic (exact) mass is 216 g/mol. The molecule has 2 rings (SSSR count). The summed E-state index contributed by atoms with van der Waals surface area (Å²) in [5, 5.41) is 8.82. The second-order valence-electron chi connectivity index (χ2n) is 3.13. The van der Waals surface area contributed by atoms with Crippen molar-refractivity contribution in [1.29, 1.82) is 5.26 Å². The fraction of sp³-hybridized carbons (Fsp3) is 0. The maximum absolute atomic E-state index is 13.5. The van der Waals surface area contributed by atoms with Gasteiger partial charge >= 0.3 is 0 Å². The summed E-state index contributed by atoms with van der Waals surface area (Å²) < 4.78 is 26.8. The van der Waals surface area contributed by atoms with Crippen molar-refractivity contribution in [3.05, 3.63) is 53.9 Å². The third kappa shape index (κ3) is 1.63. The molecular weight excluding hydrogens is 210 g/mol. The van der Waals surface area contributed by atoms with E-state index in [2.05, 4.69) is 4.98 Å². The minimum absolute atomic E-state index is 0.124. The highest BCUT2D eigenvalue weighted by Gasteiger charge is 2.12. The molecular formula is C12H6F2N2. The average molecular weight is 216 g/mol. The quantitative estimate of drug-likeness (QED) is 0.734. The molecule has 16 heavy (non-hydrogen) atoms. The zero-order chi connectivity index (χ0) is 11.5. The molecule has 0 N–H and O–H groups in total. The summed E-state index contributed by atoms with van der Waals surface area (Å²) in [4.78, 5) is 3.76. The number of hydrogen-bond acceptors (Lipinski definition) is 2. The fourth-order valence-electron chi connectivity index (χ4n) is 1.44. The van der Waals surface area contributed by atoms with E-state index in [4.69, 9.17) is 5.26 Å². The molecule has 0 aliphatic heterocycles. The molecule has 78 valence electrons.